The maximum Gasteiger partial charge on any atom is 0.126 e. The van der Waals surface area contributed by atoms with Crippen molar-refractivity contribution in [2.45, 2.75) is 13.8 Å². The number of allylic oxidation sites excluding steroid dienone is 1. The molecule has 1 heterocycles. The number of nitrogens with zero attached hydrogens (tertiary/aromatic N) is 1. The standard InChI is InChI=1S/C10H14N2/c1-3-4-8-11-10-7-5-6-9(2)12-10/h3-7H,8H2,1-2H3,(H,11,12)/b4-3+. The summed E-state index contributed by atoms with van der Waals surface area (Å²) < 4.78 is 0. The van der Waals surface area contributed by atoms with Crippen LogP contribution in [0.5, 0.6) is 0 Å². The van der Waals surface area contributed by atoms with Crippen LogP contribution in [0.3, 0.4) is 0 Å². The van der Waals surface area contributed by atoms with Gasteiger partial charge in [0.15, 0.2) is 0 Å². The van der Waals surface area contributed by atoms with Crippen molar-refractivity contribution in [3.8, 4) is 0 Å². The lowest BCUT2D eigenvalue weighted by Gasteiger charge is -2.01. The van der Waals surface area contributed by atoms with Crippen molar-refractivity contribution in [3.63, 3.8) is 0 Å². The van der Waals surface area contributed by atoms with Crippen LogP contribution in [0.2, 0.25) is 0 Å². The number of aryl methyl sites for hydroxylation is 1. The molecule has 0 aliphatic heterocycles. The molecule has 0 aliphatic carbocycles. The summed E-state index contributed by atoms with van der Waals surface area (Å²) in [6.45, 7) is 4.83. The Balaban J connectivity index is 2.52. The second-order valence-corrected chi connectivity index (χ2v) is 2.61. The summed E-state index contributed by atoms with van der Waals surface area (Å²) in [4.78, 5) is 4.30. The Labute approximate surface area is 73.3 Å². The minimum Gasteiger partial charge on any atom is -0.367 e. The first-order valence-electron chi connectivity index (χ1n) is 4.11. The van der Waals surface area contributed by atoms with Crippen LogP contribution in [0.15, 0.2) is 30.4 Å². The van der Waals surface area contributed by atoms with Crippen molar-refractivity contribution >= 4 is 5.82 Å². The van der Waals surface area contributed by atoms with Crippen molar-refractivity contribution < 1.29 is 0 Å². The molecule has 0 atom stereocenters. The van der Waals surface area contributed by atoms with E-state index in [1.54, 1.807) is 0 Å². The molecule has 0 fully saturated rings. The fourth-order valence-corrected chi connectivity index (χ4v) is 0.923. The fourth-order valence-electron chi connectivity index (χ4n) is 0.923. The van der Waals surface area contributed by atoms with Gasteiger partial charge in [0.25, 0.3) is 0 Å². The highest BCUT2D eigenvalue weighted by molar-refractivity contribution is 5.35. The normalized spacial score (nSPS) is 10.5. The van der Waals surface area contributed by atoms with Gasteiger partial charge in [-0.05, 0) is 26.0 Å². The lowest BCUT2D eigenvalue weighted by molar-refractivity contribution is 1.16. The second-order valence-electron chi connectivity index (χ2n) is 2.61. The van der Waals surface area contributed by atoms with Gasteiger partial charge in [0, 0.05) is 12.2 Å². The Morgan fingerprint density at radius 1 is 1.50 bits per heavy atom. The first-order chi connectivity index (χ1) is 5.83. The number of rotatable bonds is 3. The number of hydrogen-bond donors (Lipinski definition) is 1. The Hall–Kier alpha value is -1.31. The maximum atomic E-state index is 4.30. The molecule has 12 heavy (non-hydrogen) atoms. The van der Waals surface area contributed by atoms with E-state index in [0.717, 1.165) is 18.1 Å². The number of pyridine rings is 1. The monoisotopic (exact) mass is 162 g/mol. The summed E-state index contributed by atoms with van der Waals surface area (Å²) in [7, 11) is 0. The van der Waals surface area contributed by atoms with Crippen LogP contribution in [-0.2, 0) is 0 Å². The topological polar surface area (TPSA) is 24.9 Å². The van der Waals surface area contributed by atoms with Gasteiger partial charge in [-0.3, -0.25) is 0 Å². The summed E-state index contributed by atoms with van der Waals surface area (Å²) in [6.07, 6.45) is 4.08. The van der Waals surface area contributed by atoms with Crippen molar-refractivity contribution in [3.05, 3.63) is 36.0 Å². The van der Waals surface area contributed by atoms with Gasteiger partial charge in [-0.1, -0.05) is 18.2 Å². The Morgan fingerprint density at radius 3 is 3.00 bits per heavy atom. The number of nitrogens with one attached hydrogen (secondary N) is 1. The lowest BCUT2D eigenvalue weighted by atomic mass is 10.4. The Bertz CT molecular complexity index is 266. The van der Waals surface area contributed by atoms with Crippen LogP contribution in [0.25, 0.3) is 0 Å². The van der Waals surface area contributed by atoms with Crippen LogP contribution in [0.4, 0.5) is 5.82 Å². The zero-order chi connectivity index (χ0) is 8.81. The number of aromatic nitrogens is 1. The highest BCUT2D eigenvalue weighted by Crippen LogP contribution is 2.02. The molecule has 0 saturated carbocycles. The van der Waals surface area contributed by atoms with Crippen LogP contribution in [0, 0.1) is 6.92 Å². The van der Waals surface area contributed by atoms with Crippen molar-refractivity contribution in [1.29, 1.82) is 0 Å². The van der Waals surface area contributed by atoms with Crippen LogP contribution >= 0.6 is 0 Å². The molecule has 0 aliphatic rings. The quantitative estimate of drug-likeness (QED) is 0.690. The van der Waals surface area contributed by atoms with E-state index in [1.807, 2.05) is 38.1 Å². The minimum atomic E-state index is 0.840. The molecule has 2 heteroatoms. The highest BCUT2D eigenvalue weighted by atomic mass is 15.0. The second kappa shape index (κ2) is 4.54. The molecule has 0 unspecified atom stereocenters. The van der Waals surface area contributed by atoms with Gasteiger partial charge >= 0.3 is 0 Å². The predicted octanol–water partition coefficient (Wildman–Crippen LogP) is 2.38. The Kier molecular flexibility index (Phi) is 3.33. The third kappa shape index (κ3) is 2.74. The highest BCUT2D eigenvalue weighted by Gasteiger charge is 1.89. The first-order valence-corrected chi connectivity index (χ1v) is 4.11. The van der Waals surface area contributed by atoms with E-state index in [1.165, 1.54) is 0 Å². The first kappa shape index (κ1) is 8.78. The summed E-state index contributed by atoms with van der Waals surface area (Å²) in [5.41, 5.74) is 1.04. The van der Waals surface area contributed by atoms with Crippen LogP contribution in [-0.4, -0.2) is 11.5 Å². The van der Waals surface area contributed by atoms with E-state index in [2.05, 4.69) is 16.4 Å². The van der Waals surface area contributed by atoms with E-state index >= 15 is 0 Å². The number of hydrogen-bond acceptors (Lipinski definition) is 2. The smallest absolute Gasteiger partial charge is 0.126 e. The van der Waals surface area contributed by atoms with Gasteiger partial charge in [0.2, 0.25) is 0 Å². The molecule has 0 radical (unpaired) electrons. The molecule has 1 aromatic heterocycles. The maximum absolute atomic E-state index is 4.30. The minimum absolute atomic E-state index is 0.840. The zero-order valence-electron chi connectivity index (χ0n) is 7.54. The summed E-state index contributed by atoms with van der Waals surface area (Å²) in [6, 6.07) is 5.96. The average molecular weight is 162 g/mol. The van der Waals surface area contributed by atoms with E-state index in [4.69, 9.17) is 0 Å². The van der Waals surface area contributed by atoms with Gasteiger partial charge in [0.1, 0.15) is 5.82 Å². The SMILES string of the molecule is C/C=C/CNc1cccc(C)n1. The molecular formula is C10H14N2. The fraction of sp³-hybridized carbons (Fsp3) is 0.300. The van der Waals surface area contributed by atoms with E-state index < -0.39 is 0 Å². The van der Waals surface area contributed by atoms with Crippen LogP contribution < -0.4 is 5.32 Å². The Morgan fingerprint density at radius 2 is 2.33 bits per heavy atom. The van der Waals surface area contributed by atoms with Crippen molar-refractivity contribution in [2.75, 3.05) is 11.9 Å². The number of anilines is 1. The third-order valence-electron chi connectivity index (χ3n) is 1.53. The molecule has 1 aromatic rings. The molecule has 0 bridgehead atoms. The molecule has 0 saturated heterocycles. The zero-order valence-corrected chi connectivity index (χ0v) is 7.54. The molecule has 1 rings (SSSR count). The van der Waals surface area contributed by atoms with Crippen molar-refractivity contribution in [2.24, 2.45) is 0 Å². The van der Waals surface area contributed by atoms with Crippen molar-refractivity contribution in [1.82, 2.24) is 4.98 Å². The van der Waals surface area contributed by atoms with E-state index in [-0.39, 0.29) is 0 Å². The predicted molar refractivity (Wildman–Crippen MR) is 52.3 cm³/mol. The lowest BCUT2D eigenvalue weighted by Crippen LogP contribution is -2.00. The van der Waals surface area contributed by atoms with E-state index in [0.29, 0.717) is 0 Å². The molecular weight excluding hydrogens is 148 g/mol. The summed E-state index contributed by atoms with van der Waals surface area (Å²) in [5, 5.41) is 3.19. The van der Waals surface area contributed by atoms with Gasteiger partial charge in [-0.2, -0.15) is 0 Å². The van der Waals surface area contributed by atoms with Gasteiger partial charge in [0.05, 0.1) is 0 Å². The largest absolute Gasteiger partial charge is 0.367 e. The molecule has 0 aromatic carbocycles. The molecule has 2 nitrogen and oxygen atoms in total. The van der Waals surface area contributed by atoms with Gasteiger partial charge in [-0.25, -0.2) is 4.98 Å². The average Bonchev–Trinajstić information content (AvgIpc) is 2.05. The van der Waals surface area contributed by atoms with Gasteiger partial charge < -0.3 is 5.32 Å². The van der Waals surface area contributed by atoms with Crippen LogP contribution in [0.1, 0.15) is 12.6 Å². The molecule has 64 valence electrons. The summed E-state index contributed by atoms with van der Waals surface area (Å²) in [5.74, 6) is 0.938. The third-order valence-corrected chi connectivity index (χ3v) is 1.53. The molecule has 0 spiro atoms. The van der Waals surface area contributed by atoms with E-state index in [9.17, 15) is 0 Å². The molecule has 1 N–H and O–H groups in total. The summed E-state index contributed by atoms with van der Waals surface area (Å²) >= 11 is 0. The van der Waals surface area contributed by atoms with Gasteiger partial charge in [-0.15, -0.1) is 0 Å². The molecule has 0 amide bonds.